The van der Waals surface area contributed by atoms with Crippen LogP contribution in [0, 0.1) is 6.92 Å². The first kappa shape index (κ1) is 20.4. The summed E-state index contributed by atoms with van der Waals surface area (Å²) in [5.41, 5.74) is 1.81. The Bertz CT molecular complexity index is 942. The number of rotatable bonds is 3. The fourth-order valence-electron chi connectivity index (χ4n) is 2.76. The lowest BCUT2D eigenvalue weighted by molar-refractivity contribution is 0.268. The van der Waals surface area contributed by atoms with Gasteiger partial charge in [0.15, 0.2) is 5.11 Å². The van der Waals surface area contributed by atoms with Gasteiger partial charge in [0.25, 0.3) is 0 Å². The molecule has 0 bridgehead atoms. The molecule has 0 spiro atoms. The molecule has 0 radical (unpaired) electrons. The molecule has 0 unspecified atom stereocenters. The van der Waals surface area contributed by atoms with Crippen molar-refractivity contribution in [3.05, 3.63) is 58.1 Å². The van der Waals surface area contributed by atoms with Crippen LogP contribution in [0.1, 0.15) is 5.56 Å². The molecule has 9 heteroatoms. The van der Waals surface area contributed by atoms with E-state index in [-0.39, 0.29) is 4.90 Å². The minimum atomic E-state index is -3.53. The summed E-state index contributed by atoms with van der Waals surface area (Å²) in [6.45, 7) is 3.68. The van der Waals surface area contributed by atoms with E-state index < -0.39 is 10.0 Å². The van der Waals surface area contributed by atoms with Crippen molar-refractivity contribution in [1.82, 2.24) is 9.21 Å². The maximum Gasteiger partial charge on any atom is 0.243 e. The quantitative estimate of drug-likeness (QED) is 0.726. The Kier molecular flexibility index (Phi) is 6.28. The Hall–Kier alpha value is -1.38. The molecule has 2 aromatic carbocycles. The molecule has 0 aliphatic carbocycles. The minimum Gasteiger partial charge on any atom is -0.346 e. The number of nitrogens with zero attached hydrogens (tertiary/aromatic N) is 2. The van der Waals surface area contributed by atoms with Gasteiger partial charge in [-0.3, -0.25) is 0 Å². The van der Waals surface area contributed by atoms with Crippen molar-refractivity contribution in [2.24, 2.45) is 0 Å². The Labute approximate surface area is 174 Å². The molecular formula is C18H19Cl2N3O2S2. The summed E-state index contributed by atoms with van der Waals surface area (Å²) in [6, 6.07) is 11.9. The average Bonchev–Trinajstić information content (AvgIpc) is 2.65. The molecule has 1 heterocycles. The zero-order chi connectivity index (χ0) is 19.6. The highest BCUT2D eigenvalue weighted by atomic mass is 35.5. The van der Waals surface area contributed by atoms with Gasteiger partial charge in [0.1, 0.15) is 0 Å². The summed E-state index contributed by atoms with van der Waals surface area (Å²) >= 11 is 17.4. The largest absolute Gasteiger partial charge is 0.346 e. The van der Waals surface area contributed by atoms with Gasteiger partial charge in [0.2, 0.25) is 10.0 Å². The summed E-state index contributed by atoms with van der Waals surface area (Å²) < 4.78 is 26.9. The van der Waals surface area contributed by atoms with Crippen LogP contribution < -0.4 is 5.32 Å². The van der Waals surface area contributed by atoms with Crippen molar-refractivity contribution in [3.8, 4) is 0 Å². The Morgan fingerprint density at radius 3 is 2.26 bits per heavy atom. The highest BCUT2D eigenvalue weighted by Crippen LogP contribution is 2.22. The number of nitrogens with one attached hydrogen (secondary N) is 1. The van der Waals surface area contributed by atoms with E-state index >= 15 is 0 Å². The zero-order valence-corrected chi connectivity index (χ0v) is 17.8. The summed E-state index contributed by atoms with van der Waals surface area (Å²) in [4.78, 5) is 2.20. The molecule has 1 fully saturated rings. The second-order valence-electron chi connectivity index (χ2n) is 6.24. The number of hydrogen-bond donors (Lipinski definition) is 1. The van der Waals surface area contributed by atoms with E-state index in [1.807, 2.05) is 30.0 Å². The summed E-state index contributed by atoms with van der Waals surface area (Å²) in [5.74, 6) is 0. The number of sulfonamides is 1. The maximum atomic E-state index is 12.7. The van der Waals surface area contributed by atoms with E-state index in [4.69, 9.17) is 35.4 Å². The molecule has 0 aromatic heterocycles. The van der Waals surface area contributed by atoms with Gasteiger partial charge in [-0.05, 0) is 61.1 Å². The topological polar surface area (TPSA) is 52.6 Å². The molecule has 0 amide bonds. The van der Waals surface area contributed by atoms with Crippen LogP contribution in [-0.2, 0) is 10.0 Å². The number of halogens is 2. The Morgan fingerprint density at radius 2 is 1.67 bits per heavy atom. The van der Waals surface area contributed by atoms with Gasteiger partial charge in [0.05, 0.1) is 4.90 Å². The lowest BCUT2D eigenvalue weighted by Crippen LogP contribution is -2.51. The Morgan fingerprint density at radius 1 is 1.04 bits per heavy atom. The van der Waals surface area contributed by atoms with Crippen molar-refractivity contribution >= 4 is 56.2 Å². The van der Waals surface area contributed by atoms with Gasteiger partial charge in [-0.2, -0.15) is 4.31 Å². The van der Waals surface area contributed by atoms with Gasteiger partial charge in [-0.15, -0.1) is 0 Å². The number of anilines is 1. The molecule has 144 valence electrons. The zero-order valence-electron chi connectivity index (χ0n) is 14.7. The predicted octanol–water partition coefficient (Wildman–Crippen LogP) is 4.01. The first-order valence-corrected chi connectivity index (χ1v) is 11.0. The average molecular weight is 444 g/mol. The molecule has 1 aliphatic heterocycles. The molecular weight excluding hydrogens is 425 g/mol. The molecule has 1 N–H and O–H groups in total. The molecule has 2 aromatic rings. The molecule has 1 saturated heterocycles. The van der Waals surface area contributed by atoms with E-state index in [1.165, 1.54) is 16.4 Å². The van der Waals surface area contributed by atoms with Gasteiger partial charge in [-0.25, -0.2) is 8.42 Å². The van der Waals surface area contributed by atoms with Crippen molar-refractivity contribution in [2.75, 3.05) is 31.5 Å². The molecule has 0 saturated carbocycles. The summed E-state index contributed by atoms with van der Waals surface area (Å²) in [6.07, 6.45) is 0. The number of aryl methyl sites for hydroxylation is 1. The van der Waals surface area contributed by atoms with Crippen molar-refractivity contribution in [2.45, 2.75) is 11.8 Å². The lowest BCUT2D eigenvalue weighted by atomic mass is 10.2. The van der Waals surface area contributed by atoms with Crippen LogP contribution in [0.5, 0.6) is 0 Å². The van der Waals surface area contributed by atoms with Crippen molar-refractivity contribution < 1.29 is 8.42 Å². The number of benzene rings is 2. The predicted molar refractivity (Wildman–Crippen MR) is 114 cm³/mol. The van der Waals surface area contributed by atoms with E-state index in [2.05, 4.69) is 5.32 Å². The first-order chi connectivity index (χ1) is 12.8. The van der Waals surface area contributed by atoms with E-state index in [0.717, 1.165) is 11.3 Å². The highest BCUT2D eigenvalue weighted by Gasteiger charge is 2.29. The normalized spacial score (nSPS) is 15.6. The van der Waals surface area contributed by atoms with E-state index in [9.17, 15) is 8.42 Å². The summed E-state index contributed by atoms with van der Waals surface area (Å²) in [7, 11) is -3.53. The standard InChI is InChI=1S/C18H19Cl2N3O2S2/c1-13-2-5-15(12-17(13)20)21-18(26)22-8-10-23(11-9-22)27(24,25)16-6-3-14(19)4-7-16/h2-7,12H,8-11H2,1H3,(H,21,26). The SMILES string of the molecule is Cc1ccc(NC(=S)N2CCN(S(=O)(=O)c3ccc(Cl)cc3)CC2)cc1Cl. The van der Waals surface area contributed by atoms with E-state index in [1.54, 1.807) is 12.1 Å². The molecule has 1 aliphatic rings. The van der Waals surface area contributed by atoms with Gasteiger partial charge in [-0.1, -0.05) is 29.3 Å². The second-order valence-corrected chi connectivity index (χ2v) is 9.41. The highest BCUT2D eigenvalue weighted by molar-refractivity contribution is 7.89. The molecule has 0 atom stereocenters. The second kappa shape index (κ2) is 8.32. The van der Waals surface area contributed by atoms with Crippen molar-refractivity contribution in [1.29, 1.82) is 0 Å². The van der Waals surface area contributed by atoms with Crippen molar-refractivity contribution in [3.63, 3.8) is 0 Å². The van der Waals surface area contributed by atoms with Crippen LogP contribution in [0.3, 0.4) is 0 Å². The van der Waals surface area contributed by atoms with Crippen LogP contribution in [0.2, 0.25) is 10.0 Å². The third-order valence-electron chi connectivity index (χ3n) is 4.40. The number of piperazine rings is 1. The fourth-order valence-corrected chi connectivity index (χ4v) is 4.79. The first-order valence-electron chi connectivity index (χ1n) is 8.35. The van der Waals surface area contributed by atoms with Crippen LogP contribution in [-0.4, -0.2) is 48.9 Å². The molecule has 3 rings (SSSR count). The monoisotopic (exact) mass is 443 g/mol. The van der Waals surface area contributed by atoms with Gasteiger partial charge in [0, 0.05) is 41.9 Å². The number of thiocarbonyl (C=S) groups is 1. The van der Waals surface area contributed by atoms with E-state index in [0.29, 0.717) is 41.3 Å². The van der Waals surface area contributed by atoms with Gasteiger partial charge >= 0.3 is 0 Å². The third-order valence-corrected chi connectivity index (χ3v) is 7.33. The molecule has 5 nitrogen and oxygen atoms in total. The van der Waals surface area contributed by atoms with Crippen LogP contribution >= 0.6 is 35.4 Å². The van der Waals surface area contributed by atoms with Crippen LogP contribution in [0.25, 0.3) is 0 Å². The molecule has 27 heavy (non-hydrogen) atoms. The third kappa shape index (κ3) is 4.73. The van der Waals surface area contributed by atoms with Crippen LogP contribution in [0.15, 0.2) is 47.4 Å². The minimum absolute atomic E-state index is 0.246. The van der Waals surface area contributed by atoms with Crippen LogP contribution in [0.4, 0.5) is 5.69 Å². The lowest BCUT2D eigenvalue weighted by Gasteiger charge is -2.35. The smallest absolute Gasteiger partial charge is 0.243 e. The fraction of sp³-hybridized carbons (Fsp3) is 0.278. The van der Waals surface area contributed by atoms with Gasteiger partial charge < -0.3 is 10.2 Å². The maximum absolute atomic E-state index is 12.7. The summed E-state index contributed by atoms with van der Waals surface area (Å²) in [5, 5.41) is 4.89. The Balaban J connectivity index is 1.61. The number of hydrogen-bond acceptors (Lipinski definition) is 3.